The molecule has 0 aliphatic carbocycles. The van der Waals surface area contributed by atoms with Crippen LogP contribution < -0.4 is 10.6 Å². The molecule has 1 aromatic rings. The van der Waals surface area contributed by atoms with Crippen molar-refractivity contribution < 1.29 is 4.79 Å². The van der Waals surface area contributed by atoms with Crippen LogP contribution in [-0.2, 0) is 18.4 Å². The first-order valence-corrected chi connectivity index (χ1v) is 5.95. The summed E-state index contributed by atoms with van der Waals surface area (Å²) in [6.45, 7) is 8.52. The maximum atomic E-state index is 11.8. The summed E-state index contributed by atoms with van der Waals surface area (Å²) in [6.07, 6.45) is 2.00. The SMILES string of the molecule is CC(NCc1cccn1C)C(=O)NC(C)(C)C. The Morgan fingerprint density at radius 1 is 1.47 bits per heavy atom. The highest BCUT2D eigenvalue weighted by atomic mass is 16.2. The van der Waals surface area contributed by atoms with Gasteiger partial charge in [0.15, 0.2) is 0 Å². The lowest BCUT2D eigenvalue weighted by atomic mass is 10.1. The third kappa shape index (κ3) is 4.61. The zero-order chi connectivity index (χ0) is 13.1. The van der Waals surface area contributed by atoms with E-state index < -0.39 is 0 Å². The second-order valence-electron chi connectivity index (χ2n) is 5.45. The molecule has 4 heteroatoms. The molecule has 1 aromatic heterocycles. The molecule has 1 heterocycles. The Morgan fingerprint density at radius 2 is 2.12 bits per heavy atom. The van der Waals surface area contributed by atoms with Gasteiger partial charge in [-0.15, -0.1) is 0 Å². The number of nitrogens with zero attached hydrogens (tertiary/aromatic N) is 1. The molecule has 1 rings (SSSR count). The molecule has 0 saturated carbocycles. The zero-order valence-corrected chi connectivity index (χ0v) is 11.4. The van der Waals surface area contributed by atoms with E-state index >= 15 is 0 Å². The van der Waals surface area contributed by atoms with Crippen molar-refractivity contribution in [2.24, 2.45) is 7.05 Å². The van der Waals surface area contributed by atoms with Crippen molar-refractivity contribution in [2.75, 3.05) is 0 Å². The molecule has 2 N–H and O–H groups in total. The fourth-order valence-electron chi connectivity index (χ4n) is 1.51. The molecular formula is C13H23N3O. The van der Waals surface area contributed by atoms with E-state index in [0.29, 0.717) is 6.54 Å². The standard InChI is InChI=1S/C13H23N3O/c1-10(12(17)15-13(2,3)4)14-9-11-7-6-8-16(11)5/h6-8,10,14H,9H2,1-5H3,(H,15,17). The number of rotatable bonds is 4. The Kier molecular flexibility index (Phi) is 4.34. The van der Waals surface area contributed by atoms with Crippen LogP contribution in [0.1, 0.15) is 33.4 Å². The smallest absolute Gasteiger partial charge is 0.237 e. The van der Waals surface area contributed by atoms with Crippen LogP contribution in [0.15, 0.2) is 18.3 Å². The van der Waals surface area contributed by atoms with E-state index in [1.807, 2.05) is 57.6 Å². The molecular weight excluding hydrogens is 214 g/mol. The Labute approximate surface area is 103 Å². The van der Waals surface area contributed by atoms with Crippen molar-refractivity contribution in [1.82, 2.24) is 15.2 Å². The number of carbonyl (C=O) groups is 1. The molecule has 1 atom stereocenters. The van der Waals surface area contributed by atoms with Gasteiger partial charge in [-0.05, 0) is 39.8 Å². The van der Waals surface area contributed by atoms with Gasteiger partial charge in [0.25, 0.3) is 0 Å². The highest BCUT2D eigenvalue weighted by Crippen LogP contribution is 2.01. The second kappa shape index (κ2) is 5.36. The first-order valence-electron chi connectivity index (χ1n) is 5.95. The van der Waals surface area contributed by atoms with Gasteiger partial charge in [0.05, 0.1) is 6.04 Å². The van der Waals surface area contributed by atoms with E-state index in [1.165, 1.54) is 5.69 Å². The van der Waals surface area contributed by atoms with Crippen LogP contribution in [-0.4, -0.2) is 22.1 Å². The molecule has 96 valence electrons. The number of hydrogen-bond donors (Lipinski definition) is 2. The van der Waals surface area contributed by atoms with E-state index in [0.717, 1.165) is 0 Å². The number of hydrogen-bond acceptors (Lipinski definition) is 2. The maximum Gasteiger partial charge on any atom is 0.237 e. The van der Waals surface area contributed by atoms with E-state index in [9.17, 15) is 4.79 Å². The number of aromatic nitrogens is 1. The van der Waals surface area contributed by atoms with Crippen LogP contribution in [0.2, 0.25) is 0 Å². The lowest BCUT2D eigenvalue weighted by Crippen LogP contribution is -2.49. The minimum absolute atomic E-state index is 0.0340. The van der Waals surface area contributed by atoms with Gasteiger partial charge in [0, 0.05) is 31.0 Å². The average Bonchev–Trinajstić information content (AvgIpc) is 2.57. The maximum absolute atomic E-state index is 11.8. The van der Waals surface area contributed by atoms with E-state index in [-0.39, 0.29) is 17.5 Å². The molecule has 0 aromatic carbocycles. The van der Waals surface area contributed by atoms with Gasteiger partial charge in [0.1, 0.15) is 0 Å². The third-order valence-corrected chi connectivity index (χ3v) is 2.53. The Morgan fingerprint density at radius 3 is 2.59 bits per heavy atom. The van der Waals surface area contributed by atoms with Crippen LogP contribution in [0.4, 0.5) is 0 Å². The summed E-state index contributed by atoms with van der Waals surface area (Å²) < 4.78 is 2.04. The van der Waals surface area contributed by atoms with Crippen LogP contribution in [0.5, 0.6) is 0 Å². The van der Waals surface area contributed by atoms with Crippen LogP contribution in [0.25, 0.3) is 0 Å². The van der Waals surface area contributed by atoms with Gasteiger partial charge in [-0.25, -0.2) is 0 Å². The summed E-state index contributed by atoms with van der Waals surface area (Å²) in [5, 5.41) is 6.17. The average molecular weight is 237 g/mol. The fraction of sp³-hybridized carbons (Fsp3) is 0.615. The van der Waals surface area contributed by atoms with E-state index in [1.54, 1.807) is 0 Å². The highest BCUT2D eigenvalue weighted by molar-refractivity contribution is 5.81. The summed E-state index contributed by atoms with van der Waals surface area (Å²) >= 11 is 0. The van der Waals surface area contributed by atoms with Crippen LogP contribution >= 0.6 is 0 Å². The van der Waals surface area contributed by atoms with Gasteiger partial charge in [-0.2, -0.15) is 0 Å². The topological polar surface area (TPSA) is 46.1 Å². The first-order chi connectivity index (χ1) is 7.79. The lowest BCUT2D eigenvalue weighted by Gasteiger charge is -2.23. The molecule has 0 radical (unpaired) electrons. The van der Waals surface area contributed by atoms with E-state index in [2.05, 4.69) is 10.6 Å². The Hall–Kier alpha value is -1.29. The third-order valence-electron chi connectivity index (χ3n) is 2.53. The summed E-state index contributed by atoms with van der Waals surface area (Å²) in [5.41, 5.74) is 0.985. The van der Waals surface area contributed by atoms with Crippen molar-refractivity contribution in [1.29, 1.82) is 0 Å². The van der Waals surface area contributed by atoms with Gasteiger partial charge in [-0.3, -0.25) is 4.79 Å². The molecule has 0 saturated heterocycles. The number of carbonyl (C=O) groups excluding carboxylic acids is 1. The van der Waals surface area contributed by atoms with Crippen molar-refractivity contribution >= 4 is 5.91 Å². The zero-order valence-electron chi connectivity index (χ0n) is 11.4. The molecule has 0 fully saturated rings. The van der Waals surface area contributed by atoms with Gasteiger partial charge in [0.2, 0.25) is 5.91 Å². The molecule has 0 aliphatic heterocycles. The van der Waals surface area contributed by atoms with Gasteiger partial charge < -0.3 is 15.2 Å². The fourth-order valence-corrected chi connectivity index (χ4v) is 1.51. The van der Waals surface area contributed by atoms with Crippen LogP contribution in [0.3, 0.4) is 0 Å². The van der Waals surface area contributed by atoms with E-state index in [4.69, 9.17) is 0 Å². The number of nitrogens with one attached hydrogen (secondary N) is 2. The summed E-state index contributed by atoms with van der Waals surface area (Å²) in [6, 6.07) is 3.85. The molecule has 4 nitrogen and oxygen atoms in total. The van der Waals surface area contributed by atoms with Crippen molar-refractivity contribution in [2.45, 2.75) is 45.8 Å². The first kappa shape index (κ1) is 13.8. The predicted molar refractivity (Wildman–Crippen MR) is 69.6 cm³/mol. The van der Waals surface area contributed by atoms with Gasteiger partial charge in [-0.1, -0.05) is 0 Å². The Balaban J connectivity index is 2.42. The van der Waals surface area contributed by atoms with Crippen LogP contribution in [0, 0.1) is 0 Å². The molecule has 1 unspecified atom stereocenters. The monoisotopic (exact) mass is 237 g/mol. The van der Waals surface area contributed by atoms with Crippen molar-refractivity contribution in [3.05, 3.63) is 24.0 Å². The molecule has 0 bridgehead atoms. The minimum Gasteiger partial charge on any atom is -0.353 e. The predicted octanol–water partition coefficient (Wildman–Crippen LogP) is 1.42. The quantitative estimate of drug-likeness (QED) is 0.832. The highest BCUT2D eigenvalue weighted by Gasteiger charge is 2.18. The van der Waals surface area contributed by atoms with Gasteiger partial charge >= 0.3 is 0 Å². The minimum atomic E-state index is -0.191. The summed E-state index contributed by atoms with van der Waals surface area (Å²) in [5.74, 6) is 0.0340. The lowest BCUT2D eigenvalue weighted by molar-refractivity contribution is -0.124. The number of aryl methyl sites for hydroxylation is 1. The molecule has 0 aliphatic rings. The second-order valence-corrected chi connectivity index (χ2v) is 5.45. The number of amides is 1. The van der Waals surface area contributed by atoms with Crippen molar-refractivity contribution in [3.8, 4) is 0 Å². The normalized spacial score (nSPS) is 13.5. The molecule has 0 spiro atoms. The largest absolute Gasteiger partial charge is 0.353 e. The molecule has 1 amide bonds. The van der Waals surface area contributed by atoms with Crippen molar-refractivity contribution in [3.63, 3.8) is 0 Å². The molecule has 17 heavy (non-hydrogen) atoms. The summed E-state index contributed by atoms with van der Waals surface area (Å²) in [7, 11) is 2.00. The summed E-state index contributed by atoms with van der Waals surface area (Å²) in [4.78, 5) is 11.8. The Bertz CT molecular complexity index is 376.